The van der Waals surface area contributed by atoms with Crippen LogP contribution >= 0.6 is 0 Å². The molecule has 0 bridgehead atoms. The summed E-state index contributed by atoms with van der Waals surface area (Å²) in [7, 11) is 1.58. The fraction of sp³-hybridized carbons (Fsp3) is 0.185. The predicted octanol–water partition coefficient (Wildman–Crippen LogP) is 5.31. The smallest absolute Gasteiger partial charge is 0.293 e. The second kappa shape index (κ2) is 10.0. The summed E-state index contributed by atoms with van der Waals surface area (Å²) in [4.78, 5) is 23.2. The Labute approximate surface area is 192 Å². The third-order valence-electron chi connectivity index (χ3n) is 5.54. The lowest BCUT2D eigenvalue weighted by atomic mass is 9.94. The number of amides is 1. The van der Waals surface area contributed by atoms with E-state index in [0.29, 0.717) is 24.2 Å². The maximum Gasteiger partial charge on any atom is 0.293 e. The summed E-state index contributed by atoms with van der Waals surface area (Å²) in [6.45, 7) is 3.06. The Morgan fingerprint density at radius 1 is 1.09 bits per heavy atom. The van der Waals surface area contributed by atoms with Gasteiger partial charge in [0, 0.05) is 23.9 Å². The van der Waals surface area contributed by atoms with Crippen LogP contribution in [0.3, 0.4) is 0 Å². The van der Waals surface area contributed by atoms with Crippen LogP contribution in [0, 0.1) is 0 Å². The first-order valence-corrected chi connectivity index (χ1v) is 10.7. The zero-order valence-corrected chi connectivity index (χ0v) is 18.5. The van der Waals surface area contributed by atoms with Crippen LogP contribution in [0.15, 0.2) is 77.4 Å². The summed E-state index contributed by atoms with van der Waals surface area (Å²) in [5.41, 5.74) is 4.67. The largest absolute Gasteiger partial charge is 0.489 e. The predicted molar refractivity (Wildman–Crippen MR) is 126 cm³/mol. The van der Waals surface area contributed by atoms with E-state index in [1.807, 2.05) is 67.6 Å². The molecule has 4 rings (SSSR count). The van der Waals surface area contributed by atoms with Crippen LogP contribution in [0.1, 0.15) is 34.3 Å². The third-order valence-corrected chi connectivity index (χ3v) is 5.54. The number of carbonyl (C=O) groups excluding carboxylic acids is 2. The molecular weight excluding hydrogens is 418 g/mol. The molecule has 3 aromatic carbocycles. The van der Waals surface area contributed by atoms with Crippen molar-refractivity contribution >= 4 is 23.3 Å². The van der Waals surface area contributed by atoms with E-state index in [4.69, 9.17) is 13.9 Å². The molecule has 168 valence electrons. The van der Waals surface area contributed by atoms with Gasteiger partial charge in [-0.3, -0.25) is 9.59 Å². The normalized spacial score (nSPS) is 11.7. The number of hydrogen-bond donors (Lipinski definition) is 1. The van der Waals surface area contributed by atoms with Crippen molar-refractivity contribution < 1.29 is 23.5 Å². The number of fused-ring (bicyclic) bond motifs is 1. The van der Waals surface area contributed by atoms with Crippen molar-refractivity contribution in [2.45, 2.75) is 19.4 Å². The maximum absolute atomic E-state index is 12.6. The third kappa shape index (κ3) is 4.90. The van der Waals surface area contributed by atoms with Crippen LogP contribution in [0.2, 0.25) is 0 Å². The Morgan fingerprint density at radius 2 is 1.91 bits per heavy atom. The lowest BCUT2D eigenvalue weighted by molar-refractivity contribution is -0.129. The van der Waals surface area contributed by atoms with Crippen molar-refractivity contribution in [1.29, 1.82) is 0 Å². The number of rotatable bonds is 9. The quantitative estimate of drug-likeness (QED) is 0.355. The fourth-order valence-corrected chi connectivity index (χ4v) is 3.75. The van der Waals surface area contributed by atoms with E-state index in [9.17, 15) is 9.59 Å². The lowest BCUT2D eigenvalue weighted by Crippen LogP contribution is -2.18. The summed E-state index contributed by atoms with van der Waals surface area (Å²) >= 11 is 0. The molecule has 0 radical (unpaired) electrons. The molecule has 0 aliphatic heterocycles. The first-order valence-electron chi connectivity index (χ1n) is 10.7. The van der Waals surface area contributed by atoms with Gasteiger partial charge < -0.3 is 19.2 Å². The number of carbonyl (C=O) groups is 2. The van der Waals surface area contributed by atoms with Gasteiger partial charge >= 0.3 is 0 Å². The Morgan fingerprint density at radius 3 is 2.67 bits per heavy atom. The Bertz CT molecular complexity index is 1260. The molecule has 4 aromatic rings. The number of nitrogens with one attached hydrogen (secondary N) is 1. The van der Waals surface area contributed by atoms with Crippen molar-refractivity contribution in [2.75, 3.05) is 13.7 Å². The molecular formula is C27H25NO5. The summed E-state index contributed by atoms with van der Waals surface area (Å²) in [5, 5.41) is 3.48. The van der Waals surface area contributed by atoms with Crippen LogP contribution < -0.4 is 10.1 Å². The van der Waals surface area contributed by atoms with Gasteiger partial charge in [-0.25, -0.2) is 0 Å². The van der Waals surface area contributed by atoms with Gasteiger partial charge in [-0.15, -0.1) is 0 Å². The number of furan rings is 1. The van der Waals surface area contributed by atoms with Crippen molar-refractivity contribution in [1.82, 2.24) is 5.32 Å². The highest BCUT2D eigenvalue weighted by Crippen LogP contribution is 2.36. The molecule has 6 heteroatoms. The number of hydrogen-bond acceptors (Lipinski definition) is 5. The van der Waals surface area contributed by atoms with Gasteiger partial charge in [0.1, 0.15) is 17.9 Å². The standard InChI is InChI=1S/C27H25NO5/c1-18(14-31-17-29)21-12-23-25(16-33-26(23)24(13-21)27(30)28-2)20-9-6-10-22(11-20)32-15-19-7-4-3-5-8-19/h3-13,16-18H,14-15H2,1-2H3,(H,28,30). The second-order valence-corrected chi connectivity index (χ2v) is 7.81. The minimum Gasteiger partial charge on any atom is -0.489 e. The van der Waals surface area contributed by atoms with Crippen molar-refractivity contribution in [3.8, 4) is 16.9 Å². The molecule has 1 unspecified atom stereocenters. The van der Waals surface area contributed by atoms with Gasteiger partial charge in [0.2, 0.25) is 0 Å². The SMILES string of the molecule is CNC(=O)c1cc(C(C)COC=O)cc2c(-c3cccc(OCc4ccccc4)c3)coc12. The highest BCUT2D eigenvalue weighted by Gasteiger charge is 2.20. The Hall–Kier alpha value is -4.06. The van der Waals surface area contributed by atoms with Crippen LogP contribution in [-0.4, -0.2) is 26.0 Å². The monoisotopic (exact) mass is 443 g/mol. The van der Waals surface area contributed by atoms with Crippen LogP contribution in [0.5, 0.6) is 5.75 Å². The summed E-state index contributed by atoms with van der Waals surface area (Å²) in [6.07, 6.45) is 1.66. The van der Waals surface area contributed by atoms with Gasteiger partial charge in [0.05, 0.1) is 18.4 Å². The van der Waals surface area contributed by atoms with E-state index < -0.39 is 0 Å². The van der Waals surface area contributed by atoms with Gasteiger partial charge in [-0.05, 0) is 41.0 Å². The molecule has 1 aromatic heterocycles. The molecule has 1 atom stereocenters. The molecule has 0 fully saturated rings. The lowest BCUT2D eigenvalue weighted by Gasteiger charge is -2.13. The molecule has 6 nitrogen and oxygen atoms in total. The van der Waals surface area contributed by atoms with E-state index in [0.717, 1.165) is 33.4 Å². The molecule has 1 N–H and O–H groups in total. The molecule has 1 amide bonds. The van der Waals surface area contributed by atoms with Gasteiger partial charge in [0.15, 0.2) is 0 Å². The average Bonchev–Trinajstić information content (AvgIpc) is 3.30. The summed E-state index contributed by atoms with van der Waals surface area (Å²) in [6, 6.07) is 21.5. The number of ether oxygens (including phenoxy) is 2. The molecule has 0 aliphatic rings. The van der Waals surface area contributed by atoms with Crippen LogP contribution in [0.4, 0.5) is 0 Å². The van der Waals surface area contributed by atoms with E-state index in [1.54, 1.807) is 19.4 Å². The van der Waals surface area contributed by atoms with Crippen molar-refractivity contribution in [2.24, 2.45) is 0 Å². The average molecular weight is 443 g/mol. The van der Waals surface area contributed by atoms with E-state index in [2.05, 4.69) is 5.32 Å². The topological polar surface area (TPSA) is 77.8 Å². The molecule has 33 heavy (non-hydrogen) atoms. The van der Waals surface area contributed by atoms with Crippen LogP contribution in [0.25, 0.3) is 22.1 Å². The Kier molecular flexibility index (Phi) is 6.74. The molecule has 1 heterocycles. The minimum absolute atomic E-state index is 0.0914. The maximum atomic E-state index is 12.6. The first-order chi connectivity index (χ1) is 16.1. The second-order valence-electron chi connectivity index (χ2n) is 7.81. The summed E-state index contributed by atoms with van der Waals surface area (Å²) < 4.78 is 16.8. The highest BCUT2D eigenvalue weighted by atomic mass is 16.5. The van der Waals surface area contributed by atoms with Gasteiger partial charge in [-0.2, -0.15) is 0 Å². The van der Waals surface area contributed by atoms with Crippen LogP contribution in [-0.2, 0) is 16.1 Å². The van der Waals surface area contributed by atoms with E-state index in [1.165, 1.54) is 0 Å². The van der Waals surface area contributed by atoms with Crippen molar-refractivity contribution in [3.63, 3.8) is 0 Å². The first kappa shape index (κ1) is 22.1. The number of benzene rings is 3. The highest BCUT2D eigenvalue weighted by molar-refractivity contribution is 6.08. The zero-order chi connectivity index (χ0) is 23.2. The molecule has 0 spiro atoms. The van der Waals surface area contributed by atoms with Gasteiger partial charge in [0.25, 0.3) is 12.4 Å². The van der Waals surface area contributed by atoms with Gasteiger partial charge in [-0.1, -0.05) is 49.4 Å². The molecule has 0 aliphatic carbocycles. The zero-order valence-electron chi connectivity index (χ0n) is 18.5. The van der Waals surface area contributed by atoms with E-state index in [-0.39, 0.29) is 18.4 Å². The minimum atomic E-state index is -0.244. The molecule has 0 saturated heterocycles. The van der Waals surface area contributed by atoms with E-state index >= 15 is 0 Å². The van der Waals surface area contributed by atoms with Crippen molar-refractivity contribution in [3.05, 3.63) is 89.7 Å². The summed E-state index contributed by atoms with van der Waals surface area (Å²) in [5.74, 6) is 0.402. The Balaban J connectivity index is 1.71. The molecule has 0 saturated carbocycles. The fourth-order valence-electron chi connectivity index (χ4n) is 3.75.